The molecule has 1 heterocycles. The molecule has 4 heteroatoms. The van der Waals surface area contributed by atoms with Crippen molar-refractivity contribution in [2.45, 2.75) is 40.7 Å². The highest BCUT2D eigenvalue weighted by molar-refractivity contribution is 5.53. The first-order chi connectivity index (χ1) is 9.97. The lowest BCUT2D eigenvalue weighted by Gasteiger charge is -2.16. The van der Waals surface area contributed by atoms with Gasteiger partial charge in [0.05, 0.1) is 23.7 Å². The number of nitrogens with one attached hydrogen (secondary N) is 2. The van der Waals surface area contributed by atoms with Gasteiger partial charge in [-0.1, -0.05) is 26.0 Å². The summed E-state index contributed by atoms with van der Waals surface area (Å²) in [7, 11) is 0. The molecule has 1 aromatic carbocycles. The Balaban J connectivity index is 2.01. The Morgan fingerprint density at radius 2 is 1.81 bits per heavy atom. The van der Waals surface area contributed by atoms with Gasteiger partial charge in [0, 0.05) is 6.04 Å². The molecule has 0 spiro atoms. The molecule has 0 fully saturated rings. The minimum atomic E-state index is 0.221. The lowest BCUT2D eigenvalue weighted by molar-refractivity contribution is 0.271. The number of H-pyrrole nitrogens is 1. The highest BCUT2D eigenvalue weighted by Gasteiger charge is 2.11. The van der Waals surface area contributed by atoms with E-state index in [1.165, 1.54) is 5.56 Å². The summed E-state index contributed by atoms with van der Waals surface area (Å²) in [5.41, 5.74) is 4.38. The Morgan fingerprint density at radius 3 is 2.33 bits per heavy atom. The molecule has 0 aliphatic carbocycles. The van der Waals surface area contributed by atoms with Crippen LogP contribution in [0.3, 0.4) is 0 Å². The highest BCUT2D eigenvalue weighted by Crippen LogP contribution is 2.25. The van der Waals surface area contributed by atoms with Gasteiger partial charge in [0.2, 0.25) is 0 Å². The van der Waals surface area contributed by atoms with Gasteiger partial charge in [0.25, 0.3) is 0 Å². The molecule has 0 saturated heterocycles. The van der Waals surface area contributed by atoms with Crippen molar-refractivity contribution in [3.63, 3.8) is 0 Å². The number of aromatic nitrogens is 2. The summed E-state index contributed by atoms with van der Waals surface area (Å²) in [4.78, 5) is 0. The first-order valence-electron chi connectivity index (χ1n) is 7.48. The van der Waals surface area contributed by atoms with Crippen LogP contribution in [0.4, 0.5) is 5.69 Å². The van der Waals surface area contributed by atoms with E-state index in [-0.39, 0.29) is 6.04 Å². The maximum Gasteiger partial charge on any atom is 0.119 e. The number of rotatable bonds is 6. The Bertz CT molecular complexity index is 553. The van der Waals surface area contributed by atoms with Gasteiger partial charge in [-0.3, -0.25) is 5.10 Å². The monoisotopic (exact) mass is 287 g/mol. The second-order valence-electron chi connectivity index (χ2n) is 5.95. The summed E-state index contributed by atoms with van der Waals surface area (Å²) in [6.45, 7) is 11.2. The third-order valence-electron chi connectivity index (χ3n) is 3.45. The SMILES string of the molecule is Cc1n[nH]c(C)c1NC(C)c1ccc(OCC(C)C)cc1. The maximum absolute atomic E-state index is 5.71. The van der Waals surface area contributed by atoms with Crippen LogP contribution in [-0.4, -0.2) is 16.8 Å². The van der Waals surface area contributed by atoms with Crippen molar-refractivity contribution in [3.8, 4) is 5.75 Å². The predicted molar refractivity (Wildman–Crippen MR) is 86.9 cm³/mol. The van der Waals surface area contributed by atoms with Crippen LogP contribution in [0.1, 0.15) is 43.8 Å². The third-order valence-corrected chi connectivity index (χ3v) is 3.45. The maximum atomic E-state index is 5.71. The molecular weight excluding hydrogens is 262 g/mol. The number of aryl methyl sites for hydroxylation is 2. The van der Waals surface area contributed by atoms with E-state index in [1.54, 1.807) is 0 Å². The average molecular weight is 287 g/mol. The van der Waals surface area contributed by atoms with Crippen LogP contribution in [0.5, 0.6) is 5.75 Å². The average Bonchev–Trinajstić information content (AvgIpc) is 2.77. The van der Waals surface area contributed by atoms with Crippen LogP contribution in [0, 0.1) is 19.8 Å². The van der Waals surface area contributed by atoms with E-state index in [0.717, 1.165) is 29.4 Å². The Labute approximate surface area is 126 Å². The zero-order chi connectivity index (χ0) is 15.4. The zero-order valence-electron chi connectivity index (χ0n) is 13.5. The summed E-state index contributed by atoms with van der Waals surface area (Å²) in [5, 5.41) is 10.7. The van der Waals surface area contributed by atoms with Gasteiger partial charge < -0.3 is 10.1 Å². The molecule has 114 valence electrons. The lowest BCUT2D eigenvalue weighted by atomic mass is 10.1. The predicted octanol–water partition coefficient (Wildman–Crippen LogP) is 4.23. The molecule has 1 aromatic heterocycles. The minimum Gasteiger partial charge on any atom is -0.493 e. The van der Waals surface area contributed by atoms with Gasteiger partial charge in [-0.15, -0.1) is 0 Å². The summed E-state index contributed by atoms with van der Waals surface area (Å²) >= 11 is 0. The molecule has 0 radical (unpaired) electrons. The van der Waals surface area contributed by atoms with E-state index in [1.807, 2.05) is 26.0 Å². The molecule has 1 atom stereocenters. The van der Waals surface area contributed by atoms with Gasteiger partial charge >= 0.3 is 0 Å². The number of hydrogen-bond donors (Lipinski definition) is 2. The first kappa shape index (κ1) is 15.4. The molecular formula is C17H25N3O. The summed E-state index contributed by atoms with van der Waals surface area (Å²) in [6, 6.07) is 8.51. The lowest BCUT2D eigenvalue weighted by Crippen LogP contribution is -2.08. The normalized spacial score (nSPS) is 12.5. The van der Waals surface area contributed by atoms with E-state index >= 15 is 0 Å². The molecule has 4 nitrogen and oxygen atoms in total. The highest BCUT2D eigenvalue weighted by atomic mass is 16.5. The Kier molecular flexibility index (Phi) is 4.89. The number of benzene rings is 1. The quantitative estimate of drug-likeness (QED) is 0.835. The van der Waals surface area contributed by atoms with E-state index in [0.29, 0.717) is 5.92 Å². The summed E-state index contributed by atoms with van der Waals surface area (Å²) in [5.74, 6) is 1.47. The Hall–Kier alpha value is -1.97. The van der Waals surface area contributed by atoms with Crippen molar-refractivity contribution in [1.29, 1.82) is 0 Å². The molecule has 0 saturated carbocycles. The van der Waals surface area contributed by atoms with Crippen molar-refractivity contribution in [3.05, 3.63) is 41.2 Å². The van der Waals surface area contributed by atoms with Crippen molar-refractivity contribution < 1.29 is 4.74 Å². The number of anilines is 1. The largest absolute Gasteiger partial charge is 0.493 e. The topological polar surface area (TPSA) is 49.9 Å². The van der Waals surface area contributed by atoms with Gasteiger partial charge in [-0.2, -0.15) is 5.10 Å². The van der Waals surface area contributed by atoms with Crippen molar-refractivity contribution in [2.75, 3.05) is 11.9 Å². The molecule has 0 aliphatic heterocycles. The molecule has 0 bridgehead atoms. The van der Waals surface area contributed by atoms with E-state index in [4.69, 9.17) is 4.74 Å². The van der Waals surface area contributed by atoms with E-state index in [9.17, 15) is 0 Å². The van der Waals surface area contributed by atoms with Gasteiger partial charge in [0.1, 0.15) is 5.75 Å². The fourth-order valence-corrected chi connectivity index (χ4v) is 2.18. The van der Waals surface area contributed by atoms with Gasteiger partial charge in [-0.25, -0.2) is 0 Å². The van der Waals surface area contributed by atoms with Crippen LogP contribution >= 0.6 is 0 Å². The summed E-state index contributed by atoms with van der Waals surface area (Å²) < 4.78 is 5.71. The minimum absolute atomic E-state index is 0.221. The number of hydrogen-bond acceptors (Lipinski definition) is 3. The molecule has 1 unspecified atom stereocenters. The van der Waals surface area contributed by atoms with Gasteiger partial charge in [-0.05, 0) is 44.4 Å². The fraction of sp³-hybridized carbons (Fsp3) is 0.471. The smallest absolute Gasteiger partial charge is 0.119 e. The molecule has 0 amide bonds. The van der Waals surface area contributed by atoms with Crippen LogP contribution < -0.4 is 10.1 Å². The molecule has 2 rings (SSSR count). The molecule has 2 aromatic rings. The van der Waals surface area contributed by atoms with Crippen LogP contribution in [-0.2, 0) is 0 Å². The number of nitrogens with zero attached hydrogens (tertiary/aromatic N) is 1. The third kappa shape index (κ3) is 4.00. The molecule has 0 aliphatic rings. The number of aromatic amines is 1. The van der Waals surface area contributed by atoms with Crippen LogP contribution in [0.15, 0.2) is 24.3 Å². The standard InChI is InChI=1S/C17H25N3O/c1-11(2)10-21-16-8-6-15(7-9-16)12(3)18-17-13(4)19-20-14(17)5/h6-9,11-12,18H,10H2,1-5H3,(H,19,20). The van der Waals surface area contributed by atoms with Crippen LogP contribution in [0.25, 0.3) is 0 Å². The second-order valence-corrected chi connectivity index (χ2v) is 5.95. The zero-order valence-corrected chi connectivity index (χ0v) is 13.5. The molecule has 21 heavy (non-hydrogen) atoms. The molecule has 2 N–H and O–H groups in total. The van der Waals surface area contributed by atoms with Crippen molar-refractivity contribution >= 4 is 5.69 Å². The van der Waals surface area contributed by atoms with E-state index < -0.39 is 0 Å². The van der Waals surface area contributed by atoms with Crippen molar-refractivity contribution in [1.82, 2.24) is 10.2 Å². The summed E-state index contributed by atoms with van der Waals surface area (Å²) in [6.07, 6.45) is 0. The fourth-order valence-electron chi connectivity index (χ4n) is 2.18. The van der Waals surface area contributed by atoms with E-state index in [2.05, 4.69) is 48.4 Å². The van der Waals surface area contributed by atoms with Crippen LogP contribution in [0.2, 0.25) is 0 Å². The first-order valence-corrected chi connectivity index (χ1v) is 7.48. The van der Waals surface area contributed by atoms with Crippen molar-refractivity contribution in [2.24, 2.45) is 5.92 Å². The second kappa shape index (κ2) is 6.66. The van der Waals surface area contributed by atoms with Gasteiger partial charge in [0.15, 0.2) is 0 Å². The number of ether oxygens (including phenoxy) is 1. The Morgan fingerprint density at radius 1 is 1.14 bits per heavy atom.